The van der Waals surface area contributed by atoms with Gasteiger partial charge in [-0.2, -0.15) is 0 Å². The predicted molar refractivity (Wildman–Crippen MR) is 16.5 cm³/mol. The molecule has 0 bridgehead atoms. The molecule has 0 heterocycles. The van der Waals surface area contributed by atoms with Gasteiger partial charge in [0, 0.05) is 0 Å². The van der Waals surface area contributed by atoms with E-state index in [2.05, 4.69) is 0 Å². The average molecular weight is 75.1 g/mol. The summed E-state index contributed by atoms with van der Waals surface area (Å²) in [6, 6.07) is 0. The molecule has 0 aromatic carbocycles. The predicted octanol–water partition coefficient (Wildman–Crippen LogP) is -0.368. The van der Waals surface area contributed by atoms with Crippen LogP contribution in [0.15, 0.2) is 0 Å². The molecule has 2 radical (unpaired) electrons. The molecular formula is CH5NOSi. The third-order valence-corrected chi connectivity index (χ3v) is 0.335. The van der Waals surface area contributed by atoms with E-state index in [1.807, 2.05) is 11.7 Å². The summed E-state index contributed by atoms with van der Waals surface area (Å²) in [5, 5.41) is 9.60. The Bertz CT molecular complexity index is 10.0. The van der Waals surface area contributed by atoms with Crippen molar-refractivity contribution in [2.75, 3.05) is 0 Å². The van der Waals surface area contributed by atoms with E-state index in [9.17, 15) is 0 Å². The summed E-state index contributed by atoms with van der Waals surface area (Å²) in [6.07, 6.45) is 0. The van der Waals surface area contributed by atoms with Gasteiger partial charge >= 0.3 is 0 Å². The molecule has 24 valence electrons. The molecule has 0 aliphatic heterocycles. The van der Waals surface area contributed by atoms with E-state index in [-0.39, 0.29) is 0 Å². The number of rotatable bonds is 1. The smallest absolute Gasteiger partial charge is 0.170 e. The fraction of sp³-hybridized carbons (Fsp3) is 1.00. The van der Waals surface area contributed by atoms with Crippen LogP contribution in [-0.2, 0) is 0 Å². The second kappa shape index (κ2) is 3.14. The lowest BCUT2D eigenvalue weighted by molar-refractivity contribution is 0.246. The summed E-state index contributed by atoms with van der Waals surface area (Å²) in [7, 11) is 0.446. The first-order valence-corrected chi connectivity index (χ1v) is 2.47. The number of hydrogen-bond acceptors (Lipinski definition) is 2. The highest BCUT2D eigenvalue weighted by atomic mass is 28.2. The molecule has 0 fully saturated rings. The van der Waals surface area contributed by atoms with Crippen LogP contribution in [-0.4, -0.2) is 14.9 Å². The summed E-state index contributed by atoms with van der Waals surface area (Å²) in [4.78, 5) is 0. The average Bonchev–Trinajstić information content (AvgIpc) is 1.37. The maximum Gasteiger partial charge on any atom is 0.170 e. The van der Waals surface area contributed by atoms with E-state index in [1.165, 1.54) is 0 Å². The quantitative estimate of drug-likeness (QED) is 0.329. The van der Waals surface area contributed by atoms with E-state index in [1.54, 1.807) is 0 Å². The van der Waals surface area contributed by atoms with Gasteiger partial charge in [0.2, 0.25) is 0 Å². The van der Waals surface area contributed by atoms with Crippen LogP contribution in [0.3, 0.4) is 0 Å². The summed E-state index contributed by atoms with van der Waals surface area (Å²) < 4.78 is 0. The van der Waals surface area contributed by atoms with E-state index in [4.69, 9.17) is 5.21 Å². The zero-order valence-electron chi connectivity index (χ0n) is 2.45. The van der Waals surface area contributed by atoms with Crippen molar-refractivity contribution in [3.63, 3.8) is 0 Å². The molecule has 0 aromatic heterocycles. The van der Waals surface area contributed by atoms with Crippen molar-refractivity contribution >= 4 is 9.68 Å². The molecule has 4 heavy (non-hydrogen) atoms. The zero-order valence-corrected chi connectivity index (χ0v) is 3.45. The molecule has 0 spiro atoms. The molecule has 0 saturated heterocycles. The van der Waals surface area contributed by atoms with Crippen LogP contribution in [0.25, 0.3) is 0 Å². The maximum absolute atomic E-state index is 7.64. The Kier molecular flexibility index (Phi) is 3.24. The van der Waals surface area contributed by atoms with Gasteiger partial charge in [0.05, 0.1) is 0 Å². The lowest BCUT2D eigenvalue weighted by Gasteiger charge is -1.72. The first-order chi connectivity index (χ1) is 1.91. The molecule has 2 N–H and O–H groups in total. The summed E-state index contributed by atoms with van der Waals surface area (Å²) >= 11 is 0. The number of nitrogens with one attached hydrogen (secondary N) is 1. The van der Waals surface area contributed by atoms with E-state index in [0.29, 0.717) is 9.68 Å². The van der Waals surface area contributed by atoms with Crippen LogP contribution < -0.4 is 5.15 Å². The molecule has 0 atom stereocenters. The van der Waals surface area contributed by atoms with E-state index < -0.39 is 0 Å². The molecule has 0 rings (SSSR count). The molecule has 0 aliphatic carbocycles. The summed E-state index contributed by atoms with van der Waals surface area (Å²) in [6.45, 7) is 1.85. The minimum atomic E-state index is 0.446. The Morgan fingerprint density at radius 1 is 2.00 bits per heavy atom. The van der Waals surface area contributed by atoms with Gasteiger partial charge in [0.1, 0.15) is 0 Å². The van der Waals surface area contributed by atoms with E-state index in [0.717, 1.165) is 0 Å². The lowest BCUT2D eigenvalue weighted by Crippen LogP contribution is -2.07. The van der Waals surface area contributed by atoms with Gasteiger partial charge in [-0.3, -0.25) is 0 Å². The highest BCUT2D eigenvalue weighted by molar-refractivity contribution is 6.29. The molecule has 0 aromatic rings. The van der Waals surface area contributed by atoms with Crippen LogP contribution in [0, 0.1) is 0 Å². The van der Waals surface area contributed by atoms with Gasteiger partial charge in [0.15, 0.2) is 9.68 Å². The minimum Gasteiger partial charge on any atom is -0.324 e. The Balaban J connectivity index is 1.97. The van der Waals surface area contributed by atoms with Crippen molar-refractivity contribution in [3.05, 3.63) is 0 Å². The van der Waals surface area contributed by atoms with Crippen LogP contribution in [0.1, 0.15) is 0 Å². The van der Waals surface area contributed by atoms with Gasteiger partial charge in [0.25, 0.3) is 0 Å². The largest absolute Gasteiger partial charge is 0.324 e. The molecule has 0 unspecified atom stereocenters. The first kappa shape index (κ1) is 4.14. The molecule has 2 nitrogen and oxygen atoms in total. The third kappa shape index (κ3) is 2.14. The Morgan fingerprint density at radius 2 is 2.25 bits per heavy atom. The van der Waals surface area contributed by atoms with Crippen LogP contribution in [0.5, 0.6) is 0 Å². The van der Waals surface area contributed by atoms with Crippen LogP contribution in [0.4, 0.5) is 0 Å². The van der Waals surface area contributed by atoms with Crippen LogP contribution in [0.2, 0.25) is 6.55 Å². The number of hydrogen-bond donors (Lipinski definition) is 2. The van der Waals surface area contributed by atoms with Gasteiger partial charge in [-0.1, -0.05) is 6.55 Å². The Labute approximate surface area is 27.7 Å². The SMILES string of the molecule is C[Si]NO. The molecule has 0 amide bonds. The highest BCUT2D eigenvalue weighted by Crippen LogP contribution is 1.29. The lowest BCUT2D eigenvalue weighted by atomic mass is 11.9. The monoisotopic (exact) mass is 75.0 g/mol. The molecule has 3 heteroatoms. The molecule has 0 aliphatic rings. The fourth-order valence-electron chi connectivity index (χ4n) is 0. The van der Waals surface area contributed by atoms with Crippen molar-refractivity contribution in [1.29, 1.82) is 0 Å². The summed E-state index contributed by atoms with van der Waals surface area (Å²) in [5.41, 5.74) is 0. The second-order valence-electron chi connectivity index (χ2n) is 0.362. The third-order valence-electron chi connectivity index (χ3n) is 0.112. The van der Waals surface area contributed by atoms with Crippen molar-refractivity contribution in [1.82, 2.24) is 5.15 Å². The van der Waals surface area contributed by atoms with Gasteiger partial charge < -0.3 is 5.21 Å². The van der Waals surface area contributed by atoms with Crippen molar-refractivity contribution in [3.8, 4) is 0 Å². The first-order valence-electron chi connectivity index (χ1n) is 0.974. The molecule has 0 saturated carbocycles. The Hall–Kier alpha value is 0.137. The minimum absolute atomic E-state index is 0.446. The molecular weight excluding hydrogens is 70.1 g/mol. The second-order valence-corrected chi connectivity index (χ2v) is 1.09. The van der Waals surface area contributed by atoms with Crippen molar-refractivity contribution < 1.29 is 5.21 Å². The van der Waals surface area contributed by atoms with Crippen molar-refractivity contribution in [2.45, 2.75) is 6.55 Å². The standard InChI is InChI=1S/CH5NOSi/c1-4-2-3/h2-3H,1H3. The van der Waals surface area contributed by atoms with Gasteiger partial charge in [-0.15, -0.1) is 0 Å². The topological polar surface area (TPSA) is 32.3 Å². The zero-order chi connectivity index (χ0) is 3.41. The van der Waals surface area contributed by atoms with Crippen LogP contribution >= 0.6 is 0 Å². The van der Waals surface area contributed by atoms with Gasteiger partial charge in [-0.05, 0) is 0 Å². The van der Waals surface area contributed by atoms with E-state index >= 15 is 0 Å². The maximum atomic E-state index is 7.64. The Morgan fingerprint density at radius 3 is 2.25 bits per heavy atom. The summed E-state index contributed by atoms with van der Waals surface area (Å²) in [5.74, 6) is 0. The van der Waals surface area contributed by atoms with Crippen molar-refractivity contribution in [2.24, 2.45) is 0 Å². The highest BCUT2D eigenvalue weighted by Gasteiger charge is 1.57. The van der Waals surface area contributed by atoms with Gasteiger partial charge in [-0.25, -0.2) is 5.15 Å². The fourth-order valence-corrected chi connectivity index (χ4v) is 0. The normalized spacial score (nSPS) is 7.50.